The molecule has 0 spiro atoms. The highest BCUT2D eigenvalue weighted by Crippen LogP contribution is 2.26. The highest BCUT2D eigenvalue weighted by molar-refractivity contribution is 7.89. The summed E-state index contributed by atoms with van der Waals surface area (Å²) in [6.07, 6.45) is 4.68. The summed E-state index contributed by atoms with van der Waals surface area (Å²) in [5, 5.41) is 3.19. The number of benzene rings is 1. The van der Waals surface area contributed by atoms with Gasteiger partial charge in [0.15, 0.2) is 0 Å². The number of carbonyl (C=O) groups excluding carboxylic acids is 1. The number of carbonyl (C=O) groups is 1. The lowest BCUT2D eigenvalue weighted by molar-refractivity contribution is -0.123. The van der Waals surface area contributed by atoms with Crippen molar-refractivity contribution in [2.75, 3.05) is 32.7 Å². The lowest BCUT2D eigenvalue weighted by atomic mass is 9.86. The quantitative estimate of drug-likeness (QED) is 0.793. The molecule has 1 saturated carbocycles. The summed E-state index contributed by atoms with van der Waals surface area (Å²) in [6, 6.07) is 4.13. The molecule has 1 aliphatic heterocycles. The first-order valence-corrected chi connectivity index (χ1v) is 12.2. The number of nitrogens with one attached hydrogen (secondary N) is 1. The maximum Gasteiger partial charge on any atom is 0.243 e. The minimum Gasteiger partial charge on any atom is -0.352 e. The Balaban J connectivity index is 1.57. The Morgan fingerprint density at radius 1 is 1.03 bits per heavy atom. The predicted molar refractivity (Wildman–Crippen MR) is 115 cm³/mol. The van der Waals surface area contributed by atoms with Gasteiger partial charge in [-0.2, -0.15) is 4.31 Å². The fraction of sp³-hybridized carbons (Fsp3) is 0.682. The molecule has 1 aromatic carbocycles. The molecule has 7 heteroatoms. The Bertz CT molecular complexity index is 822. The molecule has 29 heavy (non-hydrogen) atoms. The van der Waals surface area contributed by atoms with E-state index in [1.165, 1.54) is 19.3 Å². The molecule has 1 N–H and O–H groups in total. The molecule has 1 aromatic rings. The topological polar surface area (TPSA) is 69.7 Å². The molecule has 1 heterocycles. The fourth-order valence-corrected chi connectivity index (χ4v) is 6.65. The van der Waals surface area contributed by atoms with Gasteiger partial charge in [-0.15, -0.1) is 0 Å². The van der Waals surface area contributed by atoms with Crippen molar-refractivity contribution in [1.82, 2.24) is 14.5 Å². The average Bonchev–Trinajstić information content (AvgIpc) is 2.63. The SMILES string of the molecule is Cc1cc(C)c(S(=O)(=O)N2CCN(CC(=O)N[C@@H]3CCCC[C@H]3C)CC2)c(C)c1. The van der Waals surface area contributed by atoms with Crippen LogP contribution < -0.4 is 5.32 Å². The third kappa shape index (κ3) is 5.19. The van der Waals surface area contributed by atoms with Crippen LogP contribution in [0, 0.1) is 26.7 Å². The number of rotatable bonds is 5. The summed E-state index contributed by atoms with van der Waals surface area (Å²) in [4.78, 5) is 15.0. The van der Waals surface area contributed by atoms with Gasteiger partial charge in [0.25, 0.3) is 0 Å². The van der Waals surface area contributed by atoms with E-state index in [0.29, 0.717) is 43.5 Å². The summed E-state index contributed by atoms with van der Waals surface area (Å²) >= 11 is 0. The predicted octanol–water partition coefficient (Wildman–Crippen LogP) is 2.61. The number of nitrogens with zero attached hydrogens (tertiary/aromatic N) is 2. The third-order valence-electron chi connectivity index (χ3n) is 6.36. The van der Waals surface area contributed by atoms with E-state index in [1.807, 2.05) is 32.9 Å². The van der Waals surface area contributed by atoms with Crippen molar-refractivity contribution >= 4 is 15.9 Å². The molecule has 2 fully saturated rings. The van der Waals surface area contributed by atoms with Crippen LogP contribution in [0.5, 0.6) is 0 Å². The van der Waals surface area contributed by atoms with Gasteiger partial charge in [0, 0.05) is 32.2 Å². The number of aryl methyl sites for hydroxylation is 3. The molecule has 2 aliphatic rings. The average molecular weight is 422 g/mol. The molecule has 3 rings (SSSR count). The van der Waals surface area contributed by atoms with Crippen molar-refractivity contribution in [2.24, 2.45) is 5.92 Å². The van der Waals surface area contributed by atoms with Crippen molar-refractivity contribution in [3.63, 3.8) is 0 Å². The Hall–Kier alpha value is -1.44. The normalized spacial score (nSPS) is 24.4. The standard InChI is InChI=1S/C22H35N3O3S/c1-16-13-18(3)22(19(4)14-16)29(27,28)25-11-9-24(10-12-25)15-21(26)23-20-8-6-5-7-17(20)2/h13-14,17,20H,5-12,15H2,1-4H3,(H,23,26)/t17-,20-/m1/s1. The van der Waals surface area contributed by atoms with E-state index in [1.54, 1.807) is 4.31 Å². The molecular formula is C22H35N3O3S. The van der Waals surface area contributed by atoms with Crippen molar-refractivity contribution < 1.29 is 13.2 Å². The van der Waals surface area contributed by atoms with Gasteiger partial charge >= 0.3 is 0 Å². The van der Waals surface area contributed by atoms with Crippen molar-refractivity contribution in [2.45, 2.75) is 64.3 Å². The molecule has 1 amide bonds. The van der Waals surface area contributed by atoms with Crippen LogP contribution in [0.3, 0.4) is 0 Å². The smallest absolute Gasteiger partial charge is 0.243 e. The van der Waals surface area contributed by atoms with Gasteiger partial charge in [-0.25, -0.2) is 8.42 Å². The van der Waals surface area contributed by atoms with Crippen LogP contribution in [0.4, 0.5) is 0 Å². The van der Waals surface area contributed by atoms with E-state index < -0.39 is 10.0 Å². The Kier molecular flexibility index (Phi) is 7.02. The van der Waals surface area contributed by atoms with Gasteiger partial charge in [0.2, 0.25) is 15.9 Å². The van der Waals surface area contributed by atoms with Crippen LogP contribution in [-0.4, -0.2) is 62.3 Å². The number of amides is 1. The molecule has 0 radical (unpaired) electrons. The fourth-order valence-electron chi connectivity index (χ4n) is 4.82. The van der Waals surface area contributed by atoms with Crippen LogP contribution in [-0.2, 0) is 14.8 Å². The number of sulfonamides is 1. The summed E-state index contributed by atoms with van der Waals surface area (Å²) in [7, 11) is -3.52. The minimum absolute atomic E-state index is 0.0604. The zero-order valence-corrected chi connectivity index (χ0v) is 19.0. The molecule has 162 valence electrons. The van der Waals surface area contributed by atoms with E-state index in [2.05, 4.69) is 17.1 Å². The summed E-state index contributed by atoms with van der Waals surface area (Å²) in [5.41, 5.74) is 2.67. The van der Waals surface area contributed by atoms with Crippen molar-refractivity contribution in [1.29, 1.82) is 0 Å². The Labute approximate surface area is 175 Å². The summed E-state index contributed by atoms with van der Waals surface area (Å²) in [5.74, 6) is 0.598. The monoisotopic (exact) mass is 421 g/mol. The second-order valence-electron chi connectivity index (χ2n) is 8.84. The molecule has 6 nitrogen and oxygen atoms in total. The summed E-state index contributed by atoms with van der Waals surface area (Å²) < 4.78 is 28.0. The number of hydrogen-bond acceptors (Lipinski definition) is 4. The minimum atomic E-state index is -3.52. The molecule has 2 atom stereocenters. The zero-order chi connectivity index (χ0) is 21.2. The van der Waals surface area contributed by atoms with E-state index in [4.69, 9.17) is 0 Å². The largest absolute Gasteiger partial charge is 0.352 e. The molecule has 0 aromatic heterocycles. The van der Waals surface area contributed by atoms with Gasteiger partial charge in [-0.3, -0.25) is 9.69 Å². The first-order chi connectivity index (χ1) is 13.7. The van der Waals surface area contributed by atoms with E-state index in [9.17, 15) is 13.2 Å². The number of hydrogen-bond donors (Lipinski definition) is 1. The van der Waals surface area contributed by atoms with Crippen molar-refractivity contribution in [3.8, 4) is 0 Å². The number of piperazine rings is 1. The van der Waals surface area contributed by atoms with Crippen LogP contribution in [0.25, 0.3) is 0 Å². The Morgan fingerprint density at radius 3 is 2.21 bits per heavy atom. The Morgan fingerprint density at radius 2 is 1.62 bits per heavy atom. The van der Waals surface area contributed by atoms with Gasteiger partial charge in [0.05, 0.1) is 11.4 Å². The molecule has 0 unspecified atom stereocenters. The second kappa shape index (κ2) is 9.14. The third-order valence-corrected chi connectivity index (χ3v) is 8.56. The molecule has 0 bridgehead atoms. The first-order valence-electron chi connectivity index (χ1n) is 10.8. The van der Waals surface area contributed by atoms with Crippen LogP contribution in [0.15, 0.2) is 17.0 Å². The lowest BCUT2D eigenvalue weighted by Crippen LogP contribution is -2.52. The van der Waals surface area contributed by atoms with E-state index in [0.717, 1.165) is 23.1 Å². The molecule has 1 aliphatic carbocycles. The van der Waals surface area contributed by atoms with Gasteiger partial charge in [0.1, 0.15) is 0 Å². The highest BCUT2D eigenvalue weighted by Gasteiger charge is 2.31. The highest BCUT2D eigenvalue weighted by atomic mass is 32.2. The molecule has 1 saturated heterocycles. The van der Waals surface area contributed by atoms with Gasteiger partial charge < -0.3 is 5.32 Å². The lowest BCUT2D eigenvalue weighted by Gasteiger charge is -2.35. The van der Waals surface area contributed by atoms with E-state index in [-0.39, 0.29) is 11.9 Å². The maximum atomic E-state index is 13.2. The molecular weight excluding hydrogens is 386 g/mol. The van der Waals surface area contributed by atoms with Crippen LogP contribution in [0.1, 0.15) is 49.3 Å². The van der Waals surface area contributed by atoms with Gasteiger partial charge in [-0.05, 0) is 50.7 Å². The first kappa shape index (κ1) is 22.2. The zero-order valence-electron chi connectivity index (χ0n) is 18.2. The summed E-state index contributed by atoms with van der Waals surface area (Å²) in [6.45, 7) is 10.3. The maximum absolute atomic E-state index is 13.2. The van der Waals surface area contributed by atoms with Crippen molar-refractivity contribution in [3.05, 3.63) is 28.8 Å². The van der Waals surface area contributed by atoms with Gasteiger partial charge in [-0.1, -0.05) is 37.5 Å². The van der Waals surface area contributed by atoms with E-state index >= 15 is 0 Å². The van der Waals surface area contributed by atoms with Crippen LogP contribution >= 0.6 is 0 Å². The van der Waals surface area contributed by atoms with Crippen LogP contribution in [0.2, 0.25) is 0 Å². The second-order valence-corrected chi connectivity index (χ2v) is 10.7.